The Balaban J connectivity index is 2.19. The molecule has 0 spiro atoms. The highest BCUT2D eigenvalue weighted by Crippen LogP contribution is 2.27. The standard InChI is InChI=1S/C16H26OS/c1-3-4-5-6-7-8-9-10-14-11-12-15(17)16(13-14)18-2/h11-13,17H,3-10H2,1-2H3. The molecule has 2 heteroatoms. The molecule has 1 N–H and O–H groups in total. The molecular weight excluding hydrogens is 240 g/mol. The van der Waals surface area contributed by atoms with Crippen molar-refractivity contribution in [1.29, 1.82) is 0 Å². The zero-order valence-corrected chi connectivity index (χ0v) is 12.6. The average Bonchev–Trinajstić information content (AvgIpc) is 2.39. The number of hydrogen-bond donors (Lipinski definition) is 1. The van der Waals surface area contributed by atoms with Gasteiger partial charge >= 0.3 is 0 Å². The molecular formula is C16H26OS. The highest BCUT2D eigenvalue weighted by Gasteiger charge is 2.01. The van der Waals surface area contributed by atoms with Gasteiger partial charge in [-0.25, -0.2) is 0 Å². The van der Waals surface area contributed by atoms with Gasteiger partial charge in [0, 0.05) is 4.90 Å². The van der Waals surface area contributed by atoms with Gasteiger partial charge in [0.05, 0.1) is 0 Å². The zero-order chi connectivity index (χ0) is 13.2. The van der Waals surface area contributed by atoms with E-state index in [1.54, 1.807) is 11.8 Å². The van der Waals surface area contributed by atoms with Gasteiger partial charge < -0.3 is 5.11 Å². The smallest absolute Gasteiger partial charge is 0.129 e. The molecule has 0 atom stereocenters. The summed E-state index contributed by atoms with van der Waals surface area (Å²) in [6.07, 6.45) is 12.6. The Morgan fingerprint density at radius 3 is 2.33 bits per heavy atom. The van der Waals surface area contributed by atoms with Crippen LogP contribution in [0.2, 0.25) is 0 Å². The number of unbranched alkanes of at least 4 members (excludes halogenated alkanes) is 6. The van der Waals surface area contributed by atoms with Crippen molar-refractivity contribution in [2.45, 2.75) is 63.2 Å². The Morgan fingerprint density at radius 2 is 1.67 bits per heavy atom. The number of aryl methyl sites for hydroxylation is 1. The van der Waals surface area contributed by atoms with E-state index in [1.165, 1.54) is 50.5 Å². The molecule has 0 heterocycles. The van der Waals surface area contributed by atoms with Crippen molar-refractivity contribution in [3.8, 4) is 5.75 Å². The highest BCUT2D eigenvalue weighted by molar-refractivity contribution is 7.98. The fraction of sp³-hybridized carbons (Fsp3) is 0.625. The normalized spacial score (nSPS) is 10.8. The molecule has 1 aromatic rings. The van der Waals surface area contributed by atoms with Crippen LogP contribution in [0.4, 0.5) is 0 Å². The van der Waals surface area contributed by atoms with Gasteiger partial charge in [0.2, 0.25) is 0 Å². The maximum atomic E-state index is 9.61. The van der Waals surface area contributed by atoms with Gasteiger partial charge in [0.25, 0.3) is 0 Å². The third-order valence-corrected chi connectivity index (χ3v) is 4.08. The van der Waals surface area contributed by atoms with Crippen LogP contribution in [-0.4, -0.2) is 11.4 Å². The lowest BCUT2D eigenvalue weighted by Crippen LogP contribution is -1.87. The first-order valence-electron chi connectivity index (χ1n) is 7.13. The molecule has 0 bridgehead atoms. The van der Waals surface area contributed by atoms with Crippen LogP contribution < -0.4 is 0 Å². The molecule has 102 valence electrons. The van der Waals surface area contributed by atoms with Crippen LogP contribution in [0.3, 0.4) is 0 Å². The van der Waals surface area contributed by atoms with E-state index in [0.717, 1.165) is 11.3 Å². The molecule has 1 nitrogen and oxygen atoms in total. The van der Waals surface area contributed by atoms with Crippen molar-refractivity contribution in [2.24, 2.45) is 0 Å². The summed E-state index contributed by atoms with van der Waals surface area (Å²) in [4.78, 5) is 0.996. The fourth-order valence-corrected chi connectivity index (χ4v) is 2.71. The largest absolute Gasteiger partial charge is 0.507 e. The Labute approximate surface area is 116 Å². The molecule has 1 aromatic carbocycles. The summed E-state index contributed by atoms with van der Waals surface area (Å²) in [5.74, 6) is 0.408. The topological polar surface area (TPSA) is 20.2 Å². The Bertz CT molecular complexity index is 336. The van der Waals surface area contributed by atoms with Crippen molar-refractivity contribution in [3.05, 3.63) is 23.8 Å². The van der Waals surface area contributed by atoms with Crippen molar-refractivity contribution < 1.29 is 5.11 Å². The van der Waals surface area contributed by atoms with E-state index in [2.05, 4.69) is 13.0 Å². The summed E-state index contributed by atoms with van der Waals surface area (Å²) >= 11 is 1.61. The predicted octanol–water partition coefficient (Wildman–Crippen LogP) is 5.41. The maximum Gasteiger partial charge on any atom is 0.129 e. The second kappa shape index (κ2) is 9.32. The average molecular weight is 266 g/mol. The zero-order valence-electron chi connectivity index (χ0n) is 11.7. The molecule has 0 aliphatic heterocycles. The van der Waals surface area contributed by atoms with Crippen molar-refractivity contribution in [2.75, 3.05) is 6.26 Å². The van der Waals surface area contributed by atoms with Crippen LogP contribution >= 0.6 is 11.8 Å². The van der Waals surface area contributed by atoms with E-state index in [4.69, 9.17) is 0 Å². The molecule has 0 aromatic heterocycles. The van der Waals surface area contributed by atoms with Crippen LogP contribution in [0.25, 0.3) is 0 Å². The second-order valence-electron chi connectivity index (χ2n) is 4.88. The number of hydrogen-bond acceptors (Lipinski definition) is 2. The summed E-state index contributed by atoms with van der Waals surface area (Å²) in [6, 6.07) is 5.99. The maximum absolute atomic E-state index is 9.61. The van der Waals surface area contributed by atoms with E-state index >= 15 is 0 Å². The monoisotopic (exact) mass is 266 g/mol. The van der Waals surface area contributed by atoms with Crippen LogP contribution in [0.5, 0.6) is 5.75 Å². The Hall–Kier alpha value is -0.630. The predicted molar refractivity (Wildman–Crippen MR) is 81.6 cm³/mol. The first-order valence-corrected chi connectivity index (χ1v) is 8.36. The van der Waals surface area contributed by atoms with Crippen molar-refractivity contribution in [3.63, 3.8) is 0 Å². The minimum Gasteiger partial charge on any atom is -0.507 e. The first kappa shape index (κ1) is 15.4. The van der Waals surface area contributed by atoms with Crippen LogP contribution in [0.1, 0.15) is 57.4 Å². The minimum atomic E-state index is 0.408. The van der Waals surface area contributed by atoms with Gasteiger partial charge in [0.1, 0.15) is 5.75 Å². The number of benzene rings is 1. The second-order valence-corrected chi connectivity index (χ2v) is 5.73. The SMILES string of the molecule is CCCCCCCCCc1ccc(O)c(SC)c1. The number of rotatable bonds is 9. The molecule has 0 aliphatic rings. The number of phenolic OH excluding ortho intramolecular Hbond substituents is 1. The fourth-order valence-electron chi connectivity index (χ4n) is 2.16. The van der Waals surface area contributed by atoms with E-state index < -0.39 is 0 Å². The van der Waals surface area contributed by atoms with Crippen LogP contribution in [0.15, 0.2) is 23.1 Å². The van der Waals surface area contributed by atoms with E-state index in [1.807, 2.05) is 18.4 Å². The van der Waals surface area contributed by atoms with Gasteiger partial charge in [0.15, 0.2) is 0 Å². The molecule has 0 radical (unpaired) electrons. The van der Waals surface area contributed by atoms with Crippen LogP contribution in [0, 0.1) is 0 Å². The molecule has 0 fully saturated rings. The summed E-state index contributed by atoms with van der Waals surface area (Å²) in [5.41, 5.74) is 1.35. The summed E-state index contributed by atoms with van der Waals surface area (Å²) < 4.78 is 0. The first-order chi connectivity index (χ1) is 8.77. The summed E-state index contributed by atoms with van der Waals surface area (Å²) in [5, 5.41) is 9.61. The van der Waals surface area contributed by atoms with Crippen molar-refractivity contribution in [1.82, 2.24) is 0 Å². The quantitative estimate of drug-likeness (QED) is 0.476. The lowest BCUT2D eigenvalue weighted by molar-refractivity contribution is 0.462. The summed E-state index contributed by atoms with van der Waals surface area (Å²) in [6.45, 7) is 2.26. The molecule has 0 aliphatic carbocycles. The van der Waals surface area contributed by atoms with E-state index in [-0.39, 0.29) is 0 Å². The van der Waals surface area contributed by atoms with Gasteiger partial charge in [-0.2, -0.15) is 0 Å². The number of aromatic hydroxyl groups is 1. The van der Waals surface area contributed by atoms with E-state index in [9.17, 15) is 5.11 Å². The highest BCUT2D eigenvalue weighted by atomic mass is 32.2. The van der Waals surface area contributed by atoms with Gasteiger partial charge in [-0.05, 0) is 36.8 Å². The van der Waals surface area contributed by atoms with Crippen molar-refractivity contribution >= 4 is 11.8 Å². The molecule has 0 unspecified atom stereocenters. The molecule has 0 amide bonds. The number of thioether (sulfide) groups is 1. The Morgan fingerprint density at radius 1 is 1.00 bits per heavy atom. The molecule has 0 saturated carbocycles. The van der Waals surface area contributed by atoms with Gasteiger partial charge in [-0.1, -0.05) is 51.5 Å². The third-order valence-electron chi connectivity index (χ3n) is 3.31. The van der Waals surface area contributed by atoms with E-state index in [0.29, 0.717) is 5.75 Å². The Kier molecular flexibility index (Phi) is 7.99. The molecule has 18 heavy (non-hydrogen) atoms. The van der Waals surface area contributed by atoms with Gasteiger partial charge in [-0.15, -0.1) is 11.8 Å². The van der Waals surface area contributed by atoms with Gasteiger partial charge in [-0.3, -0.25) is 0 Å². The molecule has 1 rings (SSSR count). The lowest BCUT2D eigenvalue weighted by Gasteiger charge is -2.06. The number of phenols is 1. The molecule has 0 saturated heterocycles. The van der Waals surface area contributed by atoms with Crippen LogP contribution in [-0.2, 0) is 6.42 Å². The lowest BCUT2D eigenvalue weighted by atomic mass is 10.0. The third kappa shape index (κ3) is 5.81. The summed E-state index contributed by atoms with van der Waals surface area (Å²) in [7, 11) is 0. The minimum absolute atomic E-state index is 0.408.